The van der Waals surface area contributed by atoms with Crippen LogP contribution < -0.4 is 10.1 Å². The second-order valence-electron chi connectivity index (χ2n) is 7.59. The standard InChI is InChI=1S/C22H24F3NO/c23-22(24,25)27-17-9-4-8-16(14-17)18-10-5-11-21-19(18)12-13-20(26-21)15-6-2-1-3-7-15/h4-5,8-11,14-15,20,26H,1-3,6-7,12-13H2. The summed E-state index contributed by atoms with van der Waals surface area (Å²) in [5, 5.41) is 3.72. The summed E-state index contributed by atoms with van der Waals surface area (Å²) in [7, 11) is 0. The van der Waals surface area contributed by atoms with Crippen LogP contribution in [0.5, 0.6) is 5.75 Å². The molecule has 27 heavy (non-hydrogen) atoms. The molecule has 0 spiro atoms. The van der Waals surface area contributed by atoms with Crippen LogP contribution in [0, 0.1) is 5.92 Å². The van der Waals surface area contributed by atoms with Crippen molar-refractivity contribution in [3.63, 3.8) is 0 Å². The molecule has 2 aromatic carbocycles. The highest BCUT2D eigenvalue weighted by Gasteiger charge is 2.31. The van der Waals surface area contributed by atoms with Crippen LogP contribution in [-0.2, 0) is 6.42 Å². The number of benzene rings is 2. The molecule has 1 saturated carbocycles. The summed E-state index contributed by atoms with van der Waals surface area (Å²) in [5.74, 6) is 0.556. The third-order valence-corrected chi connectivity index (χ3v) is 5.82. The SMILES string of the molecule is FC(F)(F)Oc1cccc(-c2cccc3c2CCC(C2CCCCC2)N3)c1. The number of halogens is 3. The van der Waals surface area contributed by atoms with Crippen LogP contribution in [0.15, 0.2) is 42.5 Å². The third kappa shape index (κ3) is 4.23. The maximum atomic E-state index is 12.5. The molecule has 0 saturated heterocycles. The first kappa shape index (κ1) is 18.2. The van der Waals surface area contributed by atoms with E-state index in [2.05, 4.69) is 16.1 Å². The Morgan fingerprint density at radius 2 is 1.70 bits per heavy atom. The lowest BCUT2D eigenvalue weighted by atomic mass is 9.79. The Kier molecular flexibility index (Phi) is 5.02. The molecule has 2 aliphatic rings. The van der Waals surface area contributed by atoms with Gasteiger partial charge in [-0.15, -0.1) is 13.2 Å². The first-order chi connectivity index (χ1) is 13.0. The molecule has 144 valence electrons. The lowest BCUT2D eigenvalue weighted by molar-refractivity contribution is -0.274. The summed E-state index contributed by atoms with van der Waals surface area (Å²) in [6, 6.07) is 12.8. The second-order valence-corrected chi connectivity index (χ2v) is 7.59. The fourth-order valence-electron chi connectivity index (χ4n) is 4.58. The van der Waals surface area contributed by atoms with Gasteiger partial charge in [0.1, 0.15) is 5.75 Å². The van der Waals surface area contributed by atoms with E-state index in [0.717, 1.165) is 35.6 Å². The van der Waals surface area contributed by atoms with Crippen molar-refractivity contribution in [3.05, 3.63) is 48.0 Å². The molecule has 0 amide bonds. The van der Waals surface area contributed by atoms with E-state index in [-0.39, 0.29) is 5.75 Å². The Morgan fingerprint density at radius 3 is 2.48 bits per heavy atom. The maximum Gasteiger partial charge on any atom is 0.573 e. The predicted molar refractivity (Wildman–Crippen MR) is 101 cm³/mol. The van der Waals surface area contributed by atoms with Crippen LogP contribution in [-0.4, -0.2) is 12.4 Å². The lowest BCUT2D eigenvalue weighted by Crippen LogP contribution is -2.34. The molecule has 1 heterocycles. The van der Waals surface area contributed by atoms with E-state index < -0.39 is 6.36 Å². The summed E-state index contributed by atoms with van der Waals surface area (Å²) < 4.78 is 41.7. The smallest absolute Gasteiger partial charge is 0.406 e. The molecule has 5 heteroatoms. The van der Waals surface area contributed by atoms with Gasteiger partial charge in [-0.3, -0.25) is 0 Å². The molecule has 1 unspecified atom stereocenters. The van der Waals surface area contributed by atoms with Crippen LogP contribution in [0.25, 0.3) is 11.1 Å². The monoisotopic (exact) mass is 375 g/mol. The normalized spacial score (nSPS) is 20.6. The molecular formula is C22H24F3NO. The zero-order chi connectivity index (χ0) is 18.9. The Labute approximate surface area is 157 Å². The van der Waals surface area contributed by atoms with Gasteiger partial charge in [-0.1, -0.05) is 43.5 Å². The van der Waals surface area contributed by atoms with E-state index in [1.165, 1.54) is 49.8 Å². The maximum absolute atomic E-state index is 12.5. The fourth-order valence-corrected chi connectivity index (χ4v) is 4.58. The number of hydrogen-bond acceptors (Lipinski definition) is 2. The van der Waals surface area contributed by atoms with Crippen molar-refractivity contribution in [2.75, 3.05) is 5.32 Å². The van der Waals surface area contributed by atoms with E-state index in [9.17, 15) is 13.2 Å². The largest absolute Gasteiger partial charge is 0.573 e. The van der Waals surface area contributed by atoms with Crippen molar-refractivity contribution in [2.24, 2.45) is 5.92 Å². The second kappa shape index (κ2) is 7.45. The Morgan fingerprint density at radius 1 is 0.926 bits per heavy atom. The zero-order valence-electron chi connectivity index (χ0n) is 15.2. The fraction of sp³-hybridized carbons (Fsp3) is 0.455. The van der Waals surface area contributed by atoms with Gasteiger partial charge in [0.2, 0.25) is 0 Å². The number of fused-ring (bicyclic) bond motifs is 1. The zero-order valence-corrected chi connectivity index (χ0v) is 15.2. The Bertz CT molecular complexity index is 796. The summed E-state index contributed by atoms with van der Waals surface area (Å²) >= 11 is 0. The van der Waals surface area contributed by atoms with Gasteiger partial charge >= 0.3 is 6.36 Å². The highest BCUT2D eigenvalue weighted by molar-refractivity contribution is 5.75. The number of anilines is 1. The molecule has 1 fully saturated rings. The first-order valence-corrected chi connectivity index (χ1v) is 9.74. The minimum atomic E-state index is -4.68. The van der Waals surface area contributed by atoms with Crippen molar-refractivity contribution in [1.82, 2.24) is 0 Å². The van der Waals surface area contributed by atoms with Crippen LogP contribution in [0.2, 0.25) is 0 Å². The number of rotatable bonds is 3. The molecule has 2 nitrogen and oxygen atoms in total. The first-order valence-electron chi connectivity index (χ1n) is 9.74. The summed E-state index contributed by atoms with van der Waals surface area (Å²) in [5.41, 5.74) is 4.05. The van der Waals surface area contributed by atoms with Gasteiger partial charge in [0, 0.05) is 11.7 Å². The van der Waals surface area contributed by atoms with Crippen molar-refractivity contribution in [1.29, 1.82) is 0 Å². The Hall–Kier alpha value is -2.17. The van der Waals surface area contributed by atoms with Crippen LogP contribution in [0.3, 0.4) is 0 Å². The van der Waals surface area contributed by atoms with Crippen LogP contribution in [0.4, 0.5) is 18.9 Å². The van der Waals surface area contributed by atoms with Crippen molar-refractivity contribution >= 4 is 5.69 Å². The molecule has 1 atom stereocenters. The Balaban J connectivity index is 1.59. The van der Waals surface area contributed by atoms with E-state index in [1.54, 1.807) is 6.07 Å². The quantitative estimate of drug-likeness (QED) is 0.656. The minimum absolute atomic E-state index is 0.179. The summed E-state index contributed by atoms with van der Waals surface area (Å²) in [6.07, 6.45) is 3.93. The molecular weight excluding hydrogens is 351 g/mol. The molecule has 1 aliphatic heterocycles. The van der Waals surface area contributed by atoms with Gasteiger partial charge in [-0.25, -0.2) is 0 Å². The van der Waals surface area contributed by atoms with Crippen LogP contribution >= 0.6 is 0 Å². The number of hydrogen-bond donors (Lipinski definition) is 1. The van der Waals surface area contributed by atoms with Crippen molar-refractivity contribution < 1.29 is 17.9 Å². The van der Waals surface area contributed by atoms with E-state index >= 15 is 0 Å². The number of nitrogens with one attached hydrogen (secondary N) is 1. The molecule has 4 rings (SSSR count). The van der Waals surface area contributed by atoms with E-state index in [4.69, 9.17) is 0 Å². The summed E-state index contributed by atoms with van der Waals surface area (Å²) in [6.45, 7) is 0. The van der Waals surface area contributed by atoms with Gasteiger partial charge < -0.3 is 10.1 Å². The van der Waals surface area contributed by atoms with Crippen LogP contribution in [0.1, 0.15) is 44.1 Å². The lowest BCUT2D eigenvalue weighted by Gasteiger charge is -2.36. The highest BCUT2D eigenvalue weighted by atomic mass is 19.4. The van der Waals surface area contributed by atoms with Gasteiger partial charge in [0.05, 0.1) is 0 Å². The molecule has 0 bridgehead atoms. The molecule has 2 aromatic rings. The van der Waals surface area contributed by atoms with E-state index in [1.807, 2.05) is 18.2 Å². The van der Waals surface area contributed by atoms with Crippen molar-refractivity contribution in [2.45, 2.75) is 57.3 Å². The highest BCUT2D eigenvalue weighted by Crippen LogP contribution is 2.39. The predicted octanol–water partition coefficient (Wildman–Crippen LogP) is 6.56. The summed E-state index contributed by atoms with van der Waals surface area (Å²) in [4.78, 5) is 0. The van der Waals surface area contributed by atoms with Gasteiger partial charge in [0.15, 0.2) is 0 Å². The van der Waals surface area contributed by atoms with Crippen molar-refractivity contribution in [3.8, 4) is 16.9 Å². The average Bonchev–Trinajstić information content (AvgIpc) is 2.66. The van der Waals surface area contributed by atoms with Gasteiger partial charge in [0.25, 0.3) is 0 Å². The molecule has 1 N–H and O–H groups in total. The molecule has 0 radical (unpaired) electrons. The molecule has 0 aromatic heterocycles. The average molecular weight is 375 g/mol. The minimum Gasteiger partial charge on any atom is -0.406 e. The number of alkyl halides is 3. The third-order valence-electron chi connectivity index (χ3n) is 5.82. The number of ether oxygens (including phenoxy) is 1. The topological polar surface area (TPSA) is 21.3 Å². The van der Waals surface area contributed by atoms with Gasteiger partial charge in [-0.05, 0) is 66.5 Å². The van der Waals surface area contributed by atoms with E-state index in [0.29, 0.717) is 6.04 Å². The van der Waals surface area contributed by atoms with Gasteiger partial charge in [-0.2, -0.15) is 0 Å². The molecule has 1 aliphatic carbocycles.